The summed E-state index contributed by atoms with van der Waals surface area (Å²) in [4.78, 5) is 27.2. The minimum Gasteiger partial charge on any atom is -0.348 e. The molecule has 1 saturated heterocycles. The predicted molar refractivity (Wildman–Crippen MR) is 102 cm³/mol. The number of thiophene rings is 1. The van der Waals surface area contributed by atoms with E-state index in [1.54, 1.807) is 11.3 Å². The topological polar surface area (TPSA) is 49.4 Å². The number of anilines is 1. The van der Waals surface area contributed by atoms with Gasteiger partial charge in [-0.15, -0.1) is 11.3 Å². The third kappa shape index (κ3) is 4.28. The highest BCUT2D eigenvalue weighted by molar-refractivity contribution is 7.10. The van der Waals surface area contributed by atoms with E-state index in [-0.39, 0.29) is 17.9 Å². The highest BCUT2D eigenvalue weighted by atomic mass is 32.1. The highest BCUT2D eigenvalue weighted by Gasteiger charge is 2.22. The quantitative estimate of drug-likeness (QED) is 0.852. The maximum Gasteiger partial charge on any atom is 0.227 e. The minimum absolute atomic E-state index is 0.0251. The lowest BCUT2D eigenvalue weighted by Crippen LogP contribution is -2.32. The molecule has 0 radical (unpaired) electrons. The maximum atomic E-state index is 12.4. The summed E-state index contributed by atoms with van der Waals surface area (Å²) in [7, 11) is 0. The first-order valence-electron chi connectivity index (χ1n) is 8.76. The fraction of sp³-hybridized carbons (Fsp3) is 0.400. The molecule has 2 amide bonds. The molecule has 0 bridgehead atoms. The molecular formula is C20H24N2O2S. The maximum absolute atomic E-state index is 12.4. The molecule has 1 aromatic heterocycles. The molecule has 0 aliphatic carbocycles. The summed E-state index contributed by atoms with van der Waals surface area (Å²) in [5.41, 5.74) is 1.88. The van der Waals surface area contributed by atoms with E-state index in [9.17, 15) is 9.59 Å². The Morgan fingerprint density at radius 2 is 2.00 bits per heavy atom. The number of nitrogens with zero attached hydrogens (tertiary/aromatic N) is 1. The SMILES string of the molecule is CC(C)[C@H](NC(=O)Cc1ccc(N2CCCC2=O)cc1)c1cccs1. The Balaban J connectivity index is 1.61. The van der Waals surface area contributed by atoms with Gasteiger partial charge >= 0.3 is 0 Å². The third-order valence-electron chi connectivity index (χ3n) is 4.52. The van der Waals surface area contributed by atoms with Crippen LogP contribution in [0.1, 0.15) is 43.2 Å². The van der Waals surface area contributed by atoms with Gasteiger partial charge in [0.25, 0.3) is 0 Å². The molecule has 2 aromatic rings. The van der Waals surface area contributed by atoms with Gasteiger partial charge in [-0.05, 0) is 41.5 Å². The van der Waals surface area contributed by atoms with Crippen molar-refractivity contribution in [1.82, 2.24) is 5.32 Å². The number of hydrogen-bond acceptors (Lipinski definition) is 3. The van der Waals surface area contributed by atoms with Crippen LogP contribution in [0.25, 0.3) is 0 Å². The number of hydrogen-bond donors (Lipinski definition) is 1. The van der Waals surface area contributed by atoms with Crippen LogP contribution in [0.4, 0.5) is 5.69 Å². The largest absolute Gasteiger partial charge is 0.348 e. The van der Waals surface area contributed by atoms with Crippen molar-refractivity contribution in [2.24, 2.45) is 5.92 Å². The van der Waals surface area contributed by atoms with E-state index < -0.39 is 0 Å². The zero-order valence-corrected chi connectivity index (χ0v) is 15.5. The molecule has 5 heteroatoms. The average Bonchev–Trinajstić information content (AvgIpc) is 3.25. The van der Waals surface area contributed by atoms with Crippen LogP contribution in [0.2, 0.25) is 0 Å². The van der Waals surface area contributed by atoms with Crippen molar-refractivity contribution in [1.29, 1.82) is 0 Å². The monoisotopic (exact) mass is 356 g/mol. The van der Waals surface area contributed by atoms with Crippen LogP contribution in [-0.4, -0.2) is 18.4 Å². The molecule has 132 valence electrons. The van der Waals surface area contributed by atoms with Gasteiger partial charge in [-0.2, -0.15) is 0 Å². The van der Waals surface area contributed by atoms with Crippen molar-refractivity contribution in [3.63, 3.8) is 0 Å². The van der Waals surface area contributed by atoms with Gasteiger partial charge in [0.2, 0.25) is 11.8 Å². The minimum atomic E-state index is 0.0251. The number of carbonyl (C=O) groups excluding carboxylic acids is 2. The van der Waals surface area contributed by atoms with E-state index >= 15 is 0 Å². The van der Waals surface area contributed by atoms with Crippen molar-refractivity contribution in [3.05, 3.63) is 52.2 Å². The molecule has 0 saturated carbocycles. The number of rotatable bonds is 6. The van der Waals surface area contributed by atoms with E-state index in [2.05, 4.69) is 25.2 Å². The van der Waals surface area contributed by atoms with Gasteiger partial charge in [0.1, 0.15) is 0 Å². The van der Waals surface area contributed by atoms with Gasteiger partial charge in [-0.1, -0.05) is 32.0 Å². The summed E-state index contributed by atoms with van der Waals surface area (Å²) in [6.45, 7) is 5.02. The van der Waals surface area contributed by atoms with E-state index in [1.165, 1.54) is 4.88 Å². The Hall–Kier alpha value is -2.14. The Kier molecular flexibility index (Phi) is 5.53. The van der Waals surface area contributed by atoms with Crippen molar-refractivity contribution >= 4 is 28.8 Å². The normalized spacial score (nSPS) is 15.6. The van der Waals surface area contributed by atoms with Crippen LogP contribution in [-0.2, 0) is 16.0 Å². The fourth-order valence-electron chi connectivity index (χ4n) is 3.16. The standard InChI is InChI=1S/C20H24N2O2S/c1-14(2)20(17-5-4-12-25-17)21-18(23)13-15-7-9-16(10-8-15)22-11-3-6-19(22)24/h4-5,7-10,12,14,20H,3,6,11,13H2,1-2H3,(H,21,23)/t20-/m0/s1. The highest BCUT2D eigenvalue weighted by Crippen LogP contribution is 2.26. The van der Waals surface area contributed by atoms with Gasteiger partial charge in [0.15, 0.2) is 0 Å². The number of carbonyl (C=O) groups is 2. The summed E-state index contributed by atoms with van der Waals surface area (Å²) >= 11 is 1.67. The van der Waals surface area contributed by atoms with Crippen LogP contribution in [0.3, 0.4) is 0 Å². The second-order valence-electron chi connectivity index (χ2n) is 6.80. The number of benzene rings is 1. The zero-order valence-electron chi connectivity index (χ0n) is 14.7. The molecule has 1 atom stereocenters. The molecule has 2 heterocycles. The van der Waals surface area contributed by atoms with Gasteiger partial charge in [0.05, 0.1) is 12.5 Å². The summed E-state index contributed by atoms with van der Waals surface area (Å²) in [5.74, 6) is 0.546. The van der Waals surface area contributed by atoms with Crippen LogP contribution in [0.15, 0.2) is 41.8 Å². The Bertz CT molecular complexity index is 723. The Morgan fingerprint density at radius 1 is 1.24 bits per heavy atom. The van der Waals surface area contributed by atoms with Crippen LogP contribution in [0, 0.1) is 5.92 Å². The lowest BCUT2D eigenvalue weighted by Gasteiger charge is -2.21. The first-order chi connectivity index (χ1) is 12.0. The smallest absolute Gasteiger partial charge is 0.227 e. The Labute approximate surface area is 152 Å². The second-order valence-corrected chi connectivity index (χ2v) is 7.78. The van der Waals surface area contributed by atoms with Gasteiger partial charge in [-0.25, -0.2) is 0 Å². The van der Waals surface area contributed by atoms with Crippen LogP contribution in [0.5, 0.6) is 0 Å². The van der Waals surface area contributed by atoms with E-state index in [1.807, 2.05) is 40.6 Å². The average molecular weight is 356 g/mol. The molecule has 25 heavy (non-hydrogen) atoms. The first kappa shape index (κ1) is 17.7. The zero-order chi connectivity index (χ0) is 17.8. The number of amides is 2. The van der Waals surface area contributed by atoms with Crippen LogP contribution < -0.4 is 10.2 Å². The molecule has 1 aliphatic heterocycles. The molecule has 4 nitrogen and oxygen atoms in total. The molecule has 1 aliphatic rings. The predicted octanol–water partition coefficient (Wildman–Crippen LogP) is 3.93. The van der Waals surface area contributed by atoms with E-state index in [0.29, 0.717) is 18.8 Å². The summed E-state index contributed by atoms with van der Waals surface area (Å²) < 4.78 is 0. The molecule has 0 unspecified atom stereocenters. The van der Waals surface area contributed by atoms with Gasteiger partial charge < -0.3 is 10.2 Å². The second kappa shape index (κ2) is 7.83. The molecule has 1 aromatic carbocycles. The summed E-state index contributed by atoms with van der Waals surface area (Å²) in [5, 5.41) is 5.19. The van der Waals surface area contributed by atoms with Gasteiger partial charge in [-0.3, -0.25) is 9.59 Å². The Morgan fingerprint density at radius 3 is 2.56 bits per heavy atom. The van der Waals surface area contributed by atoms with E-state index in [4.69, 9.17) is 0 Å². The fourth-order valence-corrected chi connectivity index (χ4v) is 4.11. The van der Waals surface area contributed by atoms with Crippen molar-refractivity contribution in [3.8, 4) is 0 Å². The molecular weight excluding hydrogens is 332 g/mol. The molecule has 1 N–H and O–H groups in total. The van der Waals surface area contributed by atoms with Crippen molar-refractivity contribution < 1.29 is 9.59 Å². The third-order valence-corrected chi connectivity index (χ3v) is 5.47. The summed E-state index contributed by atoms with van der Waals surface area (Å²) in [6.07, 6.45) is 1.90. The van der Waals surface area contributed by atoms with Gasteiger partial charge in [0, 0.05) is 23.5 Å². The number of nitrogens with one attached hydrogen (secondary N) is 1. The molecule has 1 fully saturated rings. The molecule has 0 spiro atoms. The molecule has 3 rings (SSSR count). The van der Waals surface area contributed by atoms with E-state index in [0.717, 1.165) is 24.2 Å². The first-order valence-corrected chi connectivity index (χ1v) is 9.64. The lowest BCUT2D eigenvalue weighted by atomic mass is 10.0. The van der Waals surface area contributed by atoms with Crippen molar-refractivity contribution in [2.45, 2.75) is 39.2 Å². The van der Waals surface area contributed by atoms with Crippen molar-refractivity contribution in [2.75, 3.05) is 11.4 Å². The lowest BCUT2D eigenvalue weighted by molar-refractivity contribution is -0.121. The summed E-state index contributed by atoms with van der Waals surface area (Å²) in [6, 6.07) is 11.9. The van der Waals surface area contributed by atoms with Crippen LogP contribution >= 0.6 is 11.3 Å².